The van der Waals surface area contributed by atoms with E-state index in [1.54, 1.807) is 31.2 Å². The summed E-state index contributed by atoms with van der Waals surface area (Å²) < 4.78 is 11.0. The first-order valence-electron chi connectivity index (χ1n) is 9.79. The van der Waals surface area contributed by atoms with E-state index in [2.05, 4.69) is 18.5 Å². The van der Waals surface area contributed by atoms with Crippen molar-refractivity contribution in [2.75, 3.05) is 6.61 Å². The van der Waals surface area contributed by atoms with Crippen LogP contribution >= 0.6 is 11.6 Å². The molecule has 0 bridgehead atoms. The van der Waals surface area contributed by atoms with Crippen LogP contribution < -0.4 is 0 Å². The van der Waals surface area contributed by atoms with E-state index >= 15 is 0 Å². The van der Waals surface area contributed by atoms with Gasteiger partial charge in [-0.25, -0.2) is 0 Å². The molecule has 0 N–H and O–H groups in total. The van der Waals surface area contributed by atoms with E-state index in [4.69, 9.17) is 21.1 Å². The third kappa shape index (κ3) is 5.68. The maximum Gasteiger partial charge on any atom is 0.310 e. The number of amides is 1. The normalized spacial score (nSPS) is 18.5. The van der Waals surface area contributed by atoms with Gasteiger partial charge >= 0.3 is 5.97 Å². The average Bonchev–Trinajstić information content (AvgIpc) is 2.97. The Morgan fingerprint density at radius 1 is 1.21 bits per heavy atom. The molecule has 0 unspecified atom stereocenters. The van der Waals surface area contributed by atoms with Gasteiger partial charge in [0.2, 0.25) is 11.5 Å². The smallest absolute Gasteiger partial charge is 0.310 e. The van der Waals surface area contributed by atoms with Gasteiger partial charge in [-0.1, -0.05) is 69.3 Å². The van der Waals surface area contributed by atoms with E-state index < -0.39 is 17.5 Å². The summed E-state index contributed by atoms with van der Waals surface area (Å²) in [5.41, 5.74) is -0.552. The van der Waals surface area contributed by atoms with E-state index in [-0.39, 0.29) is 12.3 Å². The summed E-state index contributed by atoms with van der Waals surface area (Å²) in [6, 6.07) is 6.97. The molecule has 2 rings (SSSR count). The van der Waals surface area contributed by atoms with Crippen molar-refractivity contribution < 1.29 is 19.1 Å². The van der Waals surface area contributed by atoms with Gasteiger partial charge in [-0.05, 0) is 31.1 Å². The molecular formula is C22H28ClNO4. The lowest BCUT2D eigenvalue weighted by Crippen LogP contribution is -2.36. The molecule has 0 spiro atoms. The third-order valence-corrected chi connectivity index (χ3v) is 5.14. The van der Waals surface area contributed by atoms with Crippen molar-refractivity contribution in [2.24, 2.45) is 4.99 Å². The molecule has 28 heavy (non-hydrogen) atoms. The van der Waals surface area contributed by atoms with Crippen LogP contribution in [0.2, 0.25) is 5.02 Å². The zero-order valence-corrected chi connectivity index (χ0v) is 17.4. The van der Waals surface area contributed by atoms with Crippen molar-refractivity contribution in [2.45, 2.75) is 64.4 Å². The molecule has 6 heteroatoms. The van der Waals surface area contributed by atoms with Crippen LogP contribution in [0.3, 0.4) is 0 Å². The SMILES string of the molecule is C=C(CC(=O)OCCCCCCCC)[C@@]1(C)OC(c2ccccc2Cl)=NC1=O. The number of carbonyl (C=O) groups excluding carboxylic acids is 2. The molecule has 1 heterocycles. The van der Waals surface area contributed by atoms with E-state index in [1.807, 2.05) is 0 Å². The Morgan fingerprint density at radius 2 is 1.89 bits per heavy atom. The predicted molar refractivity (Wildman–Crippen MR) is 111 cm³/mol. The lowest BCUT2D eigenvalue weighted by Gasteiger charge is -2.24. The van der Waals surface area contributed by atoms with Crippen LogP contribution in [0.5, 0.6) is 0 Å². The summed E-state index contributed by atoms with van der Waals surface area (Å²) in [5.74, 6) is -0.779. The lowest BCUT2D eigenvalue weighted by molar-refractivity contribution is -0.143. The molecule has 0 aliphatic carbocycles. The molecule has 5 nitrogen and oxygen atoms in total. The number of rotatable bonds is 11. The van der Waals surface area contributed by atoms with Gasteiger partial charge < -0.3 is 9.47 Å². The Kier molecular flexibility index (Phi) is 8.24. The fraction of sp³-hybridized carbons (Fsp3) is 0.500. The predicted octanol–water partition coefficient (Wildman–Crippen LogP) is 5.25. The number of nitrogens with zero attached hydrogens (tertiary/aromatic N) is 1. The van der Waals surface area contributed by atoms with Gasteiger partial charge in [-0.15, -0.1) is 0 Å². The van der Waals surface area contributed by atoms with Gasteiger partial charge in [0, 0.05) is 0 Å². The standard InChI is InChI=1S/C22H28ClNO4/c1-4-5-6-7-8-11-14-27-19(25)15-16(2)22(3)21(26)24-20(28-22)17-12-9-10-13-18(17)23/h9-10,12-13H,2,4-8,11,14-15H2,1,3H3/t22-/m1/s1. The minimum Gasteiger partial charge on any atom is -0.465 e. The van der Waals surface area contributed by atoms with Gasteiger partial charge in [0.25, 0.3) is 5.91 Å². The minimum atomic E-state index is -1.40. The molecule has 0 aromatic heterocycles. The fourth-order valence-electron chi connectivity index (χ4n) is 2.89. The Labute approximate surface area is 171 Å². The summed E-state index contributed by atoms with van der Waals surface area (Å²) >= 11 is 6.15. The van der Waals surface area contributed by atoms with Gasteiger partial charge in [-0.2, -0.15) is 4.99 Å². The second kappa shape index (κ2) is 10.4. The molecule has 152 valence electrons. The highest BCUT2D eigenvalue weighted by Crippen LogP contribution is 2.32. The second-order valence-electron chi connectivity index (χ2n) is 7.11. The molecule has 0 radical (unpaired) electrons. The number of esters is 1. The van der Waals surface area contributed by atoms with Crippen LogP contribution in [-0.4, -0.2) is 30.0 Å². The number of hydrogen-bond donors (Lipinski definition) is 0. The summed E-state index contributed by atoms with van der Waals surface area (Å²) in [7, 11) is 0. The molecule has 0 saturated carbocycles. The zero-order chi connectivity index (χ0) is 20.6. The molecule has 1 aromatic rings. The Bertz CT molecular complexity index is 759. The molecule has 1 atom stereocenters. The van der Waals surface area contributed by atoms with Crippen molar-refractivity contribution >= 4 is 29.4 Å². The summed E-state index contributed by atoms with van der Waals surface area (Å²) in [4.78, 5) is 28.5. The number of hydrogen-bond acceptors (Lipinski definition) is 4. The van der Waals surface area contributed by atoms with Crippen molar-refractivity contribution in [3.8, 4) is 0 Å². The number of unbranched alkanes of at least 4 members (excludes halogenated alkanes) is 5. The average molecular weight is 406 g/mol. The summed E-state index contributed by atoms with van der Waals surface area (Å²) in [6.07, 6.45) is 6.61. The van der Waals surface area contributed by atoms with E-state index in [0.29, 0.717) is 22.8 Å². The Hall–Kier alpha value is -2.14. The first-order valence-corrected chi connectivity index (χ1v) is 10.2. The van der Waals surface area contributed by atoms with Crippen LogP contribution in [0.25, 0.3) is 0 Å². The van der Waals surface area contributed by atoms with Crippen LogP contribution in [0.15, 0.2) is 41.4 Å². The quantitative estimate of drug-likeness (QED) is 0.286. The maximum atomic E-state index is 12.4. The summed E-state index contributed by atoms with van der Waals surface area (Å²) in [5, 5.41) is 0.433. The highest BCUT2D eigenvalue weighted by Gasteiger charge is 2.45. The number of halogens is 1. The monoisotopic (exact) mass is 405 g/mol. The largest absolute Gasteiger partial charge is 0.465 e. The molecule has 1 amide bonds. The van der Waals surface area contributed by atoms with E-state index in [9.17, 15) is 9.59 Å². The third-order valence-electron chi connectivity index (χ3n) is 4.81. The highest BCUT2D eigenvalue weighted by molar-refractivity contribution is 6.34. The van der Waals surface area contributed by atoms with Crippen molar-refractivity contribution in [3.63, 3.8) is 0 Å². The van der Waals surface area contributed by atoms with Crippen molar-refractivity contribution in [1.82, 2.24) is 0 Å². The molecular weight excluding hydrogens is 378 g/mol. The van der Waals surface area contributed by atoms with Crippen molar-refractivity contribution in [3.05, 3.63) is 47.0 Å². The number of benzene rings is 1. The van der Waals surface area contributed by atoms with Gasteiger partial charge in [-0.3, -0.25) is 9.59 Å². The fourth-order valence-corrected chi connectivity index (χ4v) is 3.11. The molecule has 0 saturated heterocycles. The Morgan fingerprint density at radius 3 is 2.61 bits per heavy atom. The number of ether oxygens (including phenoxy) is 2. The summed E-state index contributed by atoms with van der Waals surface area (Å²) in [6.45, 7) is 7.99. The minimum absolute atomic E-state index is 0.0939. The van der Waals surface area contributed by atoms with Crippen molar-refractivity contribution in [1.29, 1.82) is 0 Å². The van der Waals surface area contributed by atoms with Gasteiger partial charge in [0.1, 0.15) is 0 Å². The van der Waals surface area contributed by atoms with Gasteiger partial charge in [0.05, 0.1) is 23.6 Å². The lowest BCUT2D eigenvalue weighted by atomic mass is 9.94. The number of aliphatic imine (C=N–C) groups is 1. The molecule has 1 aromatic carbocycles. The van der Waals surface area contributed by atoms with Gasteiger partial charge in [0.15, 0.2) is 0 Å². The zero-order valence-electron chi connectivity index (χ0n) is 16.6. The first-order chi connectivity index (χ1) is 13.4. The van der Waals surface area contributed by atoms with Crippen LogP contribution in [0.1, 0.15) is 64.4 Å². The molecule has 1 aliphatic rings. The number of carbonyl (C=O) groups is 2. The topological polar surface area (TPSA) is 65.0 Å². The Balaban J connectivity index is 1.83. The molecule has 0 fully saturated rings. The first kappa shape index (κ1) is 22.2. The van der Waals surface area contributed by atoms with Crippen LogP contribution in [-0.2, 0) is 19.1 Å². The van der Waals surface area contributed by atoms with Crippen LogP contribution in [0.4, 0.5) is 0 Å². The molecule has 1 aliphatic heterocycles. The second-order valence-corrected chi connectivity index (χ2v) is 7.51. The maximum absolute atomic E-state index is 12.4. The highest BCUT2D eigenvalue weighted by atomic mass is 35.5. The van der Waals surface area contributed by atoms with E-state index in [0.717, 1.165) is 19.3 Å². The van der Waals surface area contributed by atoms with E-state index in [1.165, 1.54) is 19.3 Å². The van der Waals surface area contributed by atoms with Crippen LogP contribution in [0, 0.1) is 0 Å².